The summed E-state index contributed by atoms with van der Waals surface area (Å²) in [7, 11) is 1.89. The van der Waals surface area contributed by atoms with Gasteiger partial charge in [0.25, 0.3) is 0 Å². The molecule has 0 aliphatic rings. The Morgan fingerprint density at radius 2 is 2.12 bits per heavy atom. The highest BCUT2D eigenvalue weighted by Crippen LogP contribution is 2.26. The van der Waals surface area contributed by atoms with Crippen LogP contribution >= 0.6 is 23.2 Å². The van der Waals surface area contributed by atoms with Crippen LogP contribution in [0.5, 0.6) is 0 Å². The lowest BCUT2D eigenvalue weighted by molar-refractivity contribution is 0.797. The molecule has 0 saturated heterocycles. The normalized spacial score (nSPS) is 10.7. The summed E-state index contributed by atoms with van der Waals surface area (Å²) in [6.45, 7) is 0.758. The minimum absolute atomic E-state index is 0.533. The molecule has 3 nitrogen and oxygen atoms in total. The first-order valence-corrected chi connectivity index (χ1v) is 5.60. The average molecular weight is 256 g/mol. The van der Waals surface area contributed by atoms with Crippen molar-refractivity contribution in [3.05, 3.63) is 40.1 Å². The highest BCUT2D eigenvalue weighted by Gasteiger charge is 2.05. The first kappa shape index (κ1) is 11.5. The number of aromatic amines is 1. The third-order valence-electron chi connectivity index (χ3n) is 2.19. The number of benzene rings is 1. The standard InChI is InChI=1S/C11H11Cl2N3/c1-14-5-8-6-15-11(16-8)7-2-3-9(12)10(13)4-7/h2-4,6,14H,5H2,1H3,(H,15,16). The molecule has 0 radical (unpaired) electrons. The van der Waals surface area contributed by atoms with E-state index in [0.717, 1.165) is 23.6 Å². The first-order valence-electron chi connectivity index (χ1n) is 4.84. The zero-order chi connectivity index (χ0) is 11.5. The Balaban J connectivity index is 2.31. The predicted octanol–water partition coefficient (Wildman–Crippen LogP) is 3.10. The molecule has 2 aromatic rings. The number of rotatable bonds is 3. The summed E-state index contributed by atoms with van der Waals surface area (Å²) in [5.74, 6) is 0.795. The highest BCUT2D eigenvalue weighted by molar-refractivity contribution is 6.42. The van der Waals surface area contributed by atoms with Gasteiger partial charge in [-0.05, 0) is 25.2 Å². The van der Waals surface area contributed by atoms with Crippen LogP contribution in [0.1, 0.15) is 5.69 Å². The lowest BCUT2D eigenvalue weighted by Gasteiger charge is -2.00. The summed E-state index contributed by atoms with van der Waals surface area (Å²) in [4.78, 5) is 7.48. The molecule has 16 heavy (non-hydrogen) atoms. The minimum atomic E-state index is 0.533. The van der Waals surface area contributed by atoms with Gasteiger partial charge in [0, 0.05) is 24.0 Å². The molecular formula is C11H11Cl2N3. The topological polar surface area (TPSA) is 40.7 Å². The van der Waals surface area contributed by atoms with Crippen molar-refractivity contribution in [1.29, 1.82) is 0 Å². The van der Waals surface area contributed by atoms with Crippen molar-refractivity contribution in [2.24, 2.45) is 0 Å². The Bertz CT molecular complexity index is 494. The van der Waals surface area contributed by atoms with Crippen LogP contribution in [0.25, 0.3) is 11.4 Å². The smallest absolute Gasteiger partial charge is 0.137 e. The number of imidazole rings is 1. The fraction of sp³-hybridized carbons (Fsp3) is 0.182. The van der Waals surface area contributed by atoms with E-state index in [1.165, 1.54) is 0 Å². The van der Waals surface area contributed by atoms with Crippen LogP contribution in [0.4, 0.5) is 0 Å². The Morgan fingerprint density at radius 3 is 2.81 bits per heavy atom. The van der Waals surface area contributed by atoms with E-state index in [9.17, 15) is 0 Å². The van der Waals surface area contributed by atoms with Crippen molar-refractivity contribution >= 4 is 23.2 Å². The molecule has 1 aromatic heterocycles. The molecule has 0 saturated carbocycles. The summed E-state index contributed by atoms with van der Waals surface area (Å²) >= 11 is 11.8. The van der Waals surface area contributed by atoms with Gasteiger partial charge in [-0.15, -0.1) is 0 Å². The van der Waals surface area contributed by atoms with Crippen LogP contribution in [0, 0.1) is 0 Å². The molecule has 0 spiro atoms. The number of H-pyrrole nitrogens is 1. The minimum Gasteiger partial charge on any atom is -0.341 e. The maximum atomic E-state index is 5.95. The van der Waals surface area contributed by atoms with E-state index in [4.69, 9.17) is 23.2 Å². The monoisotopic (exact) mass is 255 g/mol. The van der Waals surface area contributed by atoms with Crippen LogP contribution < -0.4 is 5.32 Å². The summed E-state index contributed by atoms with van der Waals surface area (Å²) in [5.41, 5.74) is 1.96. The van der Waals surface area contributed by atoms with Gasteiger partial charge >= 0.3 is 0 Å². The zero-order valence-corrected chi connectivity index (χ0v) is 10.2. The first-order chi connectivity index (χ1) is 7.70. The summed E-state index contributed by atoms with van der Waals surface area (Å²) in [6.07, 6.45) is 1.80. The van der Waals surface area contributed by atoms with Gasteiger partial charge in [0.05, 0.1) is 10.0 Å². The zero-order valence-electron chi connectivity index (χ0n) is 8.72. The Hall–Kier alpha value is -1.03. The second-order valence-electron chi connectivity index (χ2n) is 3.42. The van der Waals surface area contributed by atoms with Crippen molar-refractivity contribution in [2.45, 2.75) is 6.54 Å². The molecule has 0 unspecified atom stereocenters. The number of hydrogen-bond donors (Lipinski definition) is 2. The molecule has 5 heteroatoms. The lowest BCUT2D eigenvalue weighted by atomic mass is 10.2. The van der Waals surface area contributed by atoms with Gasteiger partial charge in [-0.2, -0.15) is 0 Å². The molecule has 84 valence electrons. The number of nitrogens with one attached hydrogen (secondary N) is 2. The fourth-order valence-electron chi connectivity index (χ4n) is 1.43. The fourth-order valence-corrected chi connectivity index (χ4v) is 1.73. The van der Waals surface area contributed by atoms with E-state index >= 15 is 0 Å². The van der Waals surface area contributed by atoms with Crippen LogP contribution in [0.3, 0.4) is 0 Å². The maximum absolute atomic E-state index is 5.95. The Morgan fingerprint density at radius 1 is 1.31 bits per heavy atom. The van der Waals surface area contributed by atoms with Gasteiger partial charge in [0.2, 0.25) is 0 Å². The summed E-state index contributed by atoms with van der Waals surface area (Å²) in [6, 6.07) is 5.45. The molecule has 2 rings (SSSR count). The van der Waals surface area contributed by atoms with Crippen LogP contribution in [0.2, 0.25) is 10.0 Å². The largest absolute Gasteiger partial charge is 0.341 e. The maximum Gasteiger partial charge on any atom is 0.137 e. The third kappa shape index (κ3) is 2.38. The van der Waals surface area contributed by atoms with Crippen molar-refractivity contribution in [3.63, 3.8) is 0 Å². The summed E-state index contributed by atoms with van der Waals surface area (Å²) < 4.78 is 0. The molecule has 1 aromatic carbocycles. The Kier molecular flexibility index (Phi) is 3.49. The predicted molar refractivity (Wildman–Crippen MR) is 66.8 cm³/mol. The molecule has 0 atom stereocenters. The van der Waals surface area contributed by atoms with Gasteiger partial charge in [-0.3, -0.25) is 0 Å². The molecule has 0 aliphatic carbocycles. The number of aromatic nitrogens is 2. The highest BCUT2D eigenvalue weighted by atomic mass is 35.5. The van der Waals surface area contributed by atoms with E-state index in [0.29, 0.717) is 10.0 Å². The molecule has 0 fully saturated rings. The number of hydrogen-bond acceptors (Lipinski definition) is 2. The van der Waals surface area contributed by atoms with Crippen LogP contribution in [-0.4, -0.2) is 17.0 Å². The number of nitrogens with zero attached hydrogens (tertiary/aromatic N) is 1. The third-order valence-corrected chi connectivity index (χ3v) is 2.93. The van der Waals surface area contributed by atoms with Gasteiger partial charge in [-0.1, -0.05) is 23.2 Å². The number of halogens is 2. The van der Waals surface area contributed by atoms with Crippen LogP contribution in [0.15, 0.2) is 24.4 Å². The van der Waals surface area contributed by atoms with Crippen molar-refractivity contribution in [2.75, 3.05) is 7.05 Å². The molecule has 2 N–H and O–H groups in total. The molecule has 0 bridgehead atoms. The average Bonchev–Trinajstić information content (AvgIpc) is 2.71. The van der Waals surface area contributed by atoms with Gasteiger partial charge in [-0.25, -0.2) is 4.98 Å². The SMILES string of the molecule is CNCc1cnc(-c2ccc(Cl)c(Cl)c2)[nH]1. The van der Waals surface area contributed by atoms with E-state index in [-0.39, 0.29) is 0 Å². The van der Waals surface area contributed by atoms with Gasteiger partial charge in [0.15, 0.2) is 0 Å². The van der Waals surface area contributed by atoms with Gasteiger partial charge < -0.3 is 10.3 Å². The van der Waals surface area contributed by atoms with Crippen molar-refractivity contribution < 1.29 is 0 Å². The van der Waals surface area contributed by atoms with Crippen molar-refractivity contribution in [1.82, 2.24) is 15.3 Å². The molecule has 1 heterocycles. The second kappa shape index (κ2) is 4.87. The lowest BCUT2D eigenvalue weighted by Crippen LogP contribution is -2.04. The second-order valence-corrected chi connectivity index (χ2v) is 4.23. The van der Waals surface area contributed by atoms with Crippen molar-refractivity contribution in [3.8, 4) is 11.4 Å². The van der Waals surface area contributed by atoms with Gasteiger partial charge in [0.1, 0.15) is 5.82 Å². The van der Waals surface area contributed by atoms with E-state index in [1.807, 2.05) is 13.1 Å². The van der Waals surface area contributed by atoms with E-state index in [2.05, 4.69) is 15.3 Å². The van der Waals surface area contributed by atoms with E-state index in [1.54, 1.807) is 18.3 Å². The molecular weight excluding hydrogens is 245 g/mol. The van der Waals surface area contributed by atoms with E-state index < -0.39 is 0 Å². The Labute approximate surface area is 104 Å². The molecule has 0 aliphatic heterocycles. The summed E-state index contributed by atoms with van der Waals surface area (Å²) in [5, 5.41) is 4.13. The quantitative estimate of drug-likeness (QED) is 0.885. The van der Waals surface area contributed by atoms with Crippen LogP contribution in [-0.2, 0) is 6.54 Å². The molecule has 0 amide bonds.